The molecule has 0 heterocycles. The van der Waals surface area contributed by atoms with E-state index in [-0.39, 0.29) is 33.2 Å². The fourth-order valence-electron chi connectivity index (χ4n) is 1.27. The first-order valence-corrected chi connectivity index (χ1v) is 7.86. The molecule has 0 unspecified atom stereocenters. The number of hydrogen-bond acceptors (Lipinski definition) is 4. The van der Waals surface area contributed by atoms with Crippen LogP contribution in [0, 0.1) is 0 Å². The maximum absolute atomic E-state index is 11.6. The molecule has 1 amide bonds. The molecular weight excluding hydrogens is 327 g/mol. The average Bonchev–Trinajstić information content (AvgIpc) is 2.37. The fraction of sp³-hybridized carbons (Fsp3) is 0.364. The molecule has 6 nitrogen and oxygen atoms in total. The number of benzene rings is 1. The molecule has 0 saturated heterocycles. The Morgan fingerprint density at radius 1 is 1.35 bits per heavy atom. The Morgan fingerprint density at radius 2 is 1.95 bits per heavy atom. The molecule has 1 aromatic rings. The third-order valence-corrected chi connectivity index (χ3v) is 4.50. The Labute approximate surface area is 127 Å². The van der Waals surface area contributed by atoms with Crippen molar-refractivity contribution in [2.24, 2.45) is 5.14 Å². The van der Waals surface area contributed by atoms with E-state index in [1.807, 2.05) is 6.92 Å². The second-order valence-electron chi connectivity index (χ2n) is 3.93. The lowest BCUT2D eigenvalue weighted by Gasteiger charge is -2.16. The highest BCUT2D eigenvalue weighted by Crippen LogP contribution is 2.36. The van der Waals surface area contributed by atoms with E-state index in [1.165, 1.54) is 17.0 Å². The highest BCUT2D eigenvalue weighted by atomic mass is 35.5. The molecule has 20 heavy (non-hydrogen) atoms. The van der Waals surface area contributed by atoms with Crippen molar-refractivity contribution in [1.82, 2.24) is 4.90 Å². The second kappa shape index (κ2) is 6.62. The third kappa shape index (κ3) is 3.99. The van der Waals surface area contributed by atoms with E-state index in [2.05, 4.69) is 0 Å². The predicted molar refractivity (Wildman–Crippen MR) is 76.6 cm³/mol. The van der Waals surface area contributed by atoms with Crippen molar-refractivity contribution in [3.8, 4) is 5.75 Å². The van der Waals surface area contributed by atoms with Gasteiger partial charge in [0, 0.05) is 13.6 Å². The van der Waals surface area contributed by atoms with Gasteiger partial charge in [-0.3, -0.25) is 4.79 Å². The number of ether oxygens (including phenoxy) is 1. The summed E-state index contributed by atoms with van der Waals surface area (Å²) in [5, 5.41) is 4.64. The predicted octanol–water partition coefficient (Wildman–Crippen LogP) is 1.50. The zero-order valence-electron chi connectivity index (χ0n) is 10.9. The first-order valence-electron chi connectivity index (χ1n) is 5.56. The monoisotopic (exact) mass is 340 g/mol. The SMILES string of the molecule is CCN(C)C(=O)COc1ccc(S(N)(=O)=O)c(Cl)c1Cl. The maximum atomic E-state index is 11.6. The first kappa shape index (κ1) is 17.0. The minimum atomic E-state index is -3.97. The van der Waals surface area contributed by atoms with E-state index in [4.69, 9.17) is 33.1 Å². The van der Waals surface area contributed by atoms with Gasteiger partial charge in [-0.05, 0) is 19.1 Å². The molecule has 0 spiro atoms. The van der Waals surface area contributed by atoms with E-state index < -0.39 is 10.0 Å². The number of nitrogens with zero attached hydrogens (tertiary/aromatic N) is 1. The van der Waals surface area contributed by atoms with Gasteiger partial charge in [-0.25, -0.2) is 13.6 Å². The molecule has 0 aromatic heterocycles. The lowest BCUT2D eigenvalue weighted by Crippen LogP contribution is -2.31. The molecule has 0 aliphatic heterocycles. The van der Waals surface area contributed by atoms with Crippen LogP contribution in [0.1, 0.15) is 6.92 Å². The summed E-state index contributed by atoms with van der Waals surface area (Å²) in [7, 11) is -2.34. The standard InChI is InChI=1S/C11H14Cl2N2O4S/c1-3-15(2)9(16)6-19-7-4-5-8(20(14,17)18)11(13)10(7)12/h4-5H,3,6H2,1-2H3,(H2,14,17,18). The van der Waals surface area contributed by atoms with E-state index >= 15 is 0 Å². The number of primary sulfonamides is 1. The number of carbonyl (C=O) groups is 1. The Bertz CT molecular complexity index is 619. The van der Waals surface area contributed by atoms with Crippen LogP contribution in [0.4, 0.5) is 0 Å². The number of sulfonamides is 1. The Hall–Kier alpha value is -1.02. The van der Waals surface area contributed by atoms with Crippen LogP contribution in [0.2, 0.25) is 10.0 Å². The normalized spacial score (nSPS) is 11.2. The van der Waals surface area contributed by atoms with Gasteiger partial charge in [0.1, 0.15) is 15.7 Å². The molecule has 0 aliphatic rings. The van der Waals surface area contributed by atoms with Crippen molar-refractivity contribution in [2.45, 2.75) is 11.8 Å². The lowest BCUT2D eigenvalue weighted by molar-refractivity contribution is -0.131. The number of rotatable bonds is 5. The van der Waals surface area contributed by atoms with Gasteiger partial charge < -0.3 is 9.64 Å². The van der Waals surface area contributed by atoms with Crippen LogP contribution in [0.25, 0.3) is 0 Å². The molecule has 1 aromatic carbocycles. The Balaban J connectivity index is 2.95. The second-order valence-corrected chi connectivity index (χ2v) is 6.22. The van der Waals surface area contributed by atoms with Gasteiger partial charge in [0.2, 0.25) is 10.0 Å². The van der Waals surface area contributed by atoms with Crippen molar-refractivity contribution in [3.05, 3.63) is 22.2 Å². The Kier molecular flexibility index (Phi) is 5.64. The van der Waals surface area contributed by atoms with Gasteiger partial charge in [0.05, 0.1) is 5.02 Å². The van der Waals surface area contributed by atoms with Gasteiger partial charge in [-0.2, -0.15) is 0 Å². The summed E-state index contributed by atoms with van der Waals surface area (Å²) < 4.78 is 27.7. The van der Waals surface area contributed by atoms with Crippen molar-refractivity contribution < 1.29 is 17.9 Å². The van der Waals surface area contributed by atoms with E-state index in [0.717, 1.165) is 0 Å². The van der Waals surface area contributed by atoms with Crippen molar-refractivity contribution in [3.63, 3.8) is 0 Å². The highest BCUT2D eigenvalue weighted by molar-refractivity contribution is 7.89. The maximum Gasteiger partial charge on any atom is 0.260 e. The summed E-state index contributed by atoms with van der Waals surface area (Å²) in [5.41, 5.74) is 0. The largest absolute Gasteiger partial charge is 0.482 e. The van der Waals surface area contributed by atoms with Gasteiger partial charge in [0.25, 0.3) is 5.91 Å². The van der Waals surface area contributed by atoms with E-state index in [9.17, 15) is 13.2 Å². The molecule has 2 N–H and O–H groups in total. The number of halogens is 2. The van der Waals surface area contributed by atoms with Crippen LogP contribution in [-0.4, -0.2) is 39.4 Å². The van der Waals surface area contributed by atoms with Gasteiger partial charge in [-0.1, -0.05) is 23.2 Å². The average molecular weight is 341 g/mol. The summed E-state index contributed by atoms with van der Waals surface area (Å²) >= 11 is 11.7. The minimum Gasteiger partial charge on any atom is -0.482 e. The van der Waals surface area contributed by atoms with Crippen molar-refractivity contribution in [2.75, 3.05) is 20.2 Å². The van der Waals surface area contributed by atoms with Crippen LogP contribution in [0.15, 0.2) is 17.0 Å². The van der Waals surface area contributed by atoms with Crippen molar-refractivity contribution in [1.29, 1.82) is 0 Å². The van der Waals surface area contributed by atoms with Crippen molar-refractivity contribution >= 4 is 39.1 Å². The minimum absolute atomic E-state index is 0.106. The summed E-state index contributed by atoms with van der Waals surface area (Å²) in [6.07, 6.45) is 0. The van der Waals surface area contributed by atoms with Gasteiger partial charge in [0.15, 0.2) is 6.61 Å². The summed E-state index contributed by atoms with van der Waals surface area (Å²) in [4.78, 5) is 12.7. The lowest BCUT2D eigenvalue weighted by atomic mass is 10.3. The number of likely N-dealkylation sites (N-methyl/N-ethyl adjacent to an activating group) is 1. The zero-order chi connectivity index (χ0) is 15.5. The number of carbonyl (C=O) groups excluding carboxylic acids is 1. The molecule has 0 radical (unpaired) electrons. The van der Waals surface area contributed by atoms with Crippen LogP contribution in [0.3, 0.4) is 0 Å². The summed E-state index contributed by atoms with van der Waals surface area (Å²) in [5.74, 6) is -0.128. The smallest absolute Gasteiger partial charge is 0.260 e. The molecule has 0 fully saturated rings. The topological polar surface area (TPSA) is 89.7 Å². The number of hydrogen-bond donors (Lipinski definition) is 1. The summed E-state index contributed by atoms with van der Waals surface area (Å²) in [6.45, 7) is 2.14. The van der Waals surface area contributed by atoms with Gasteiger partial charge in [-0.15, -0.1) is 0 Å². The molecule has 1 rings (SSSR count). The molecule has 0 atom stereocenters. The number of amides is 1. The zero-order valence-corrected chi connectivity index (χ0v) is 13.2. The van der Waals surface area contributed by atoms with E-state index in [1.54, 1.807) is 7.05 Å². The van der Waals surface area contributed by atoms with Crippen LogP contribution < -0.4 is 9.88 Å². The number of nitrogens with two attached hydrogens (primary N) is 1. The van der Waals surface area contributed by atoms with Crippen LogP contribution in [-0.2, 0) is 14.8 Å². The van der Waals surface area contributed by atoms with Crippen LogP contribution in [0.5, 0.6) is 5.75 Å². The molecule has 0 saturated carbocycles. The molecule has 112 valence electrons. The third-order valence-electron chi connectivity index (χ3n) is 2.57. The fourth-order valence-corrected chi connectivity index (χ4v) is 2.63. The van der Waals surface area contributed by atoms with Crippen LogP contribution >= 0.6 is 23.2 Å². The van der Waals surface area contributed by atoms with Gasteiger partial charge >= 0.3 is 0 Å². The molecule has 0 aliphatic carbocycles. The first-order chi connectivity index (χ1) is 9.18. The Morgan fingerprint density at radius 3 is 2.45 bits per heavy atom. The highest BCUT2D eigenvalue weighted by Gasteiger charge is 2.19. The van der Waals surface area contributed by atoms with E-state index in [0.29, 0.717) is 6.54 Å². The molecule has 0 bridgehead atoms. The molecule has 9 heteroatoms. The quantitative estimate of drug-likeness (QED) is 0.879. The summed E-state index contributed by atoms with van der Waals surface area (Å²) in [6, 6.07) is 2.47. The molecular formula is C11H14Cl2N2O4S.